The highest BCUT2D eigenvalue weighted by Gasteiger charge is 2.19. The number of ether oxygens (including phenoxy) is 1. The summed E-state index contributed by atoms with van der Waals surface area (Å²) in [6.45, 7) is 0.469. The normalized spacial score (nSPS) is 12.4. The molecule has 0 fully saturated rings. The topological polar surface area (TPSA) is 67.3 Å². The molecule has 6 heteroatoms. The average Bonchev–Trinajstić information content (AvgIpc) is 2.83. The van der Waals surface area contributed by atoms with Crippen LogP contribution >= 0.6 is 0 Å². The maximum Gasteiger partial charge on any atom is 0.214 e. The SMILES string of the molecule is COc1ccc(-c2ccc3c(c2)N(C=O)Cc2cccnc2N3)cn1. The molecule has 1 N–H and O–H groups in total. The Morgan fingerprint density at radius 3 is 2.80 bits per heavy atom. The molecule has 0 atom stereocenters. The van der Waals surface area contributed by atoms with E-state index in [1.54, 1.807) is 24.4 Å². The van der Waals surface area contributed by atoms with Crippen LogP contribution in [0.4, 0.5) is 17.2 Å². The molecular formula is C19H16N4O2. The monoisotopic (exact) mass is 332 g/mol. The number of anilines is 3. The van der Waals surface area contributed by atoms with Crippen LogP contribution in [0.15, 0.2) is 54.9 Å². The van der Waals surface area contributed by atoms with Crippen LogP contribution in [0.3, 0.4) is 0 Å². The summed E-state index contributed by atoms with van der Waals surface area (Å²) in [5.41, 5.74) is 4.55. The first-order valence-electron chi connectivity index (χ1n) is 7.86. The molecule has 1 aromatic carbocycles. The van der Waals surface area contributed by atoms with Gasteiger partial charge in [-0.05, 0) is 29.8 Å². The third kappa shape index (κ3) is 2.78. The van der Waals surface area contributed by atoms with Crippen molar-refractivity contribution in [2.45, 2.75) is 6.54 Å². The molecule has 1 amide bonds. The second-order valence-electron chi connectivity index (χ2n) is 5.69. The molecule has 0 saturated heterocycles. The zero-order valence-electron chi connectivity index (χ0n) is 13.6. The molecule has 124 valence electrons. The van der Waals surface area contributed by atoms with Crippen LogP contribution in [-0.2, 0) is 11.3 Å². The predicted octanol–water partition coefficient (Wildman–Crippen LogP) is 3.37. The van der Waals surface area contributed by atoms with E-state index >= 15 is 0 Å². The lowest BCUT2D eigenvalue weighted by atomic mass is 10.1. The first kappa shape index (κ1) is 15.1. The number of carbonyl (C=O) groups excluding carboxylic acids is 1. The van der Waals surface area contributed by atoms with Gasteiger partial charge in [-0.1, -0.05) is 12.1 Å². The number of hydrogen-bond acceptors (Lipinski definition) is 5. The van der Waals surface area contributed by atoms with Gasteiger partial charge in [0.15, 0.2) is 0 Å². The molecule has 0 bridgehead atoms. The van der Waals surface area contributed by atoms with E-state index < -0.39 is 0 Å². The van der Waals surface area contributed by atoms with Crippen molar-refractivity contribution in [2.24, 2.45) is 0 Å². The van der Waals surface area contributed by atoms with E-state index in [0.717, 1.165) is 40.3 Å². The van der Waals surface area contributed by atoms with Gasteiger partial charge in [0.1, 0.15) is 5.82 Å². The average molecular weight is 332 g/mol. The number of rotatable bonds is 3. The van der Waals surface area contributed by atoms with E-state index in [9.17, 15) is 4.79 Å². The smallest absolute Gasteiger partial charge is 0.214 e. The van der Waals surface area contributed by atoms with Crippen LogP contribution in [0, 0.1) is 0 Å². The maximum atomic E-state index is 11.7. The maximum absolute atomic E-state index is 11.7. The summed E-state index contributed by atoms with van der Waals surface area (Å²) in [6.07, 6.45) is 4.34. The van der Waals surface area contributed by atoms with Crippen LogP contribution in [0.25, 0.3) is 11.1 Å². The minimum atomic E-state index is 0.469. The van der Waals surface area contributed by atoms with Crippen LogP contribution in [0.5, 0.6) is 5.88 Å². The Bertz CT molecular complexity index is 925. The second-order valence-corrected chi connectivity index (χ2v) is 5.69. The van der Waals surface area contributed by atoms with Crippen LogP contribution in [0.1, 0.15) is 5.56 Å². The lowest BCUT2D eigenvalue weighted by molar-refractivity contribution is -0.107. The number of carbonyl (C=O) groups is 1. The van der Waals surface area contributed by atoms with Crippen LogP contribution in [-0.4, -0.2) is 23.5 Å². The van der Waals surface area contributed by atoms with Gasteiger partial charge >= 0.3 is 0 Å². The Hall–Kier alpha value is -3.41. The van der Waals surface area contributed by atoms with Crippen molar-refractivity contribution >= 4 is 23.6 Å². The van der Waals surface area contributed by atoms with Gasteiger partial charge in [-0.15, -0.1) is 0 Å². The number of amides is 1. The summed E-state index contributed by atoms with van der Waals surface area (Å²) in [7, 11) is 1.59. The Labute approximate surface area is 145 Å². The molecular weight excluding hydrogens is 316 g/mol. The molecule has 0 radical (unpaired) electrons. The fourth-order valence-corrected chi connectivity index (χ4v) is 2.90. The largest absolute Gasteiger partial charge is 0.481 e. The second kappa shape index (κ2) is 6.24. The van der Waals surface area contributed by atoms with Gasteiger partial charge < -0.3 is 15.0 Å². The standard InChI is InChI=1S/C19H16N4O2/c1-25-18-7-5-14(10-21-18)13-4-6-16-17(9-13)23(12-24)11-15-3-2-8-20-19(15)22-16/h2-10,12H,11H2,1H3,(H,20,22). The van der Waals surface area contributed by atoms with Gasteiger partial charge in [0, 0.05) is 29.6 Å². The molecule has 0 aliphatic carbocycles. The van der Waals surface area contributed by atoms with Gasteiger partial charge in [-0.2, -0.15) is 0 Å². The summed E-state index contributed by atoms with van der Waals surface area (Å²) < 4.78 is 5.10. The van der Waals surface area contributed by atoms with E-state index in [1.807, 2.05) is 42.5 Å². The molecule has 3 aromatic rings. The summed E-state index contributed by atoms with van der Waals surface area (Å²) in [5.74, 6) is 1.34. The lowest BCUT2D eigenvalue weighted by Crippen LogP contribution is -2.19. The first-order chi connectivity index (χ1) is 12.3. The number of nitrogens with one attached hydrogen (secondary N) is 1. The zero-order chi connectivity index (χ0) is 17.2. The first-order valence-corrected chi connectivity index (χ1v) is 7.86. The molecule has 0 spiro atoms. The van der Waals surface area contributed by atoms with Gasteiger partial charge in [-0.25, -0.2) is 9.97 Å². The number of benzene rings is 1. The fraction of sp³-hybridized carbons (Fsp3) is 0.105. The van der Waals surface area contributed by atoms with Crippen molar-refractivity contribution in [1.82, 2.24) is 9.97 Å². The molecule has 1 aliphatic rings. The number of pyridine rings is 2. The molecule has 0 unspecified atom stereocenters. The number of fused-ring (bicyclic) bond motifs is 2. The molecule has 0 saturated carbocycles. The third-order valence-electron chi connectivity index (χ3n) is 4.20. The number of aromatic nitrogens is 2. The molecule has 2 aromatic heterocycles. The summed E-state index contributed by atoms with van der Waals surface area (Å²) in [4.78, 5) is 22.0. The van der Waals surface area contributed by atoms with E-state index in [4.69, 9.17) is 4.74 Å². The highest BCUT2D eigenvalue weighted by atomic mass is 16.5. The Morgan fingerprint density at radius 1 is 1.16 bits per heavy atom. The van der Waals surface area contributed by atoms with Crippen LogP contribution < -0.4 is 15.0 Å². The van der Waals surface area contributed by atoms with E-state index in [0.29, 0.717) is 12.4 Å². The van der Waals surface area contributed by atoms with Gasteiger partial charge in [-0.3, -0.25) is 4.79 Å². The number of methoxy groups -OCH3 is 1. The van der Waals surface area contributed by atoms with Crippen LogP contribution in [0.2, 0.25) is 0 Å². The molecule has 4 rings (SSSR count). The third-order valence-corrected chi connectivity index (χ3v) is 4.20. The molecule has 3 heterocycles. The number of hydrogen-bond donors (Lipinski definition) is 1. The van der Waals surface area contributed by atoms with Gasteiger partial charge in [0.05, 0.1) is 25.0 Å². The quantitative estimate of drug-likeness (QED) is 0.745. The minimum absolute atomic E-state index is 0.469. The molecule has 6 nitrogen and oxygen atoms in total. The molecule has 25 heavy (non-hydrogen) atoms. The van der Waals surface area contributed by atoms with E-state index in [2.05, 4.69) is 15.3 Å². The van der Waals surface area contributed by atoms with Crippen molar-refractivity contribution in [1.29, 1.82) is 0 Å². The Balaban J connectivity index is 1.77. The van der Waals surface area contributed by atoms with Crippen molar-refractivity contribution in [3.8, 4) is 17.0 Å². The lowest BCUT2D eigenvalue weighted by Gasteiger charge is -2.18. The van der Waals surface area contributed by atoms with Gasteiger partial charge in [0.2, 0.25) is 12.3 Å². The van der Waals surface area contributed by atoms with Crippen molar-refractivity contribution in [3.63, 3.8) is 0 Å². The Kier molecular flexibility index (Phi) is 3.78. The highest BCUT2D eigenvalue weighted by molar-refractivity contribution is 5.90. The predicted molar refractivity (Wildman–Crippen MR) is 96.0 cm³/mol. The van der Waals surface area contributed by atoms with Crippen molar-refractivity contribution in [2.75, 3.05) is 17.3 Å². The van der Waals surface area contributed by atoms with E-state index in [-0.39, 0.29) is 0 Å². The Morgan fingerprint density at radius 2 is 2.04 bits per heavy atom. The van der Waals surface area contributed by atoms with Crippen molar-refractivity contribution < 1.29 is 9.53 Å². The summed E-state index contributed by atoms with van der Waals surface area (Å²) >= 11 is 0. The molecule has 1 aliphatic heterocycles. The van der Waals surface area contributed by atoms with Gasteiger partial charge in [0.25, 0.3) is 0 Å². The zero-order valence-corrected chi connectivity index (χ0v) is 13.6. The summed E-state index contributed by atoms with van der Waals surface area (Å²) in [5, 5.41) is 3.32. The van der Waals surface area contributed by atoms with Crippen molar-refractivity contribution in [3.05, 3.63) is 60.4 Å². The highest BCUT2D eigenvalue weighted by Crippen LogP contribution is 2.37. The fourth-order valence-electron chi connectivity index (χ4n) is 2.90. The van der Waals surface area contributed by atoms with E-state index in [1.165, 1.54) is 0 Å². The minimum Gasteiger partial charge on any atom is -0.481 e. The number of nitrogens with zero attached hydrogens (tertiary/aromatic N) is 3. The summed E-state index contributed by atoms with van der Waals surface area (Å²) in [6, 6.07) is 13.5.